The minimum Gasteiger partial charge on any atom is -0.480 e. The minimum absolute atomic E-state index is 0.0810. The summed E-state index contributed by atoms with van der Waals surface area (Å²) in [5.74, 6) is -1.56. The van der Waals surface area contributed by atoms with Crippen molar-refractivity contribution in [2.75, 3.05) is 6.54 Å². The SMILES string of the molecule is CC(C)(C)OC(=O)N[C@H](C(=O)N1C[C@H](OCc2cccc(-c3cccc(Br)c3)c2)C[C@@]1(C)C(=O)O)C1CCCCC1. The number of nitrogens with zero attached hydrogens (tertiary/aromatic N) is 1. The molecule has 1 aliphatic heterocycles. The van der Waals surface area contributed by atoms with Gasteiger partial charge in [0.2, 0.25) is 5.91 Å². The van der Waals surface area contributed by atoms with Crippen LogP contribution in [0.25, 0.3) is 11.1 Å². The maximum Gasteiger partial charge on any atom is 0.408 e. The normalized spacial score (nSPS) is 22.3. The molecule has 1 saturated carbocycles. The molecule has 0 aromatic heterocycles. The lowest BCUT2D eigenvalue weighted by Crippen LogP contribution is -2.59. The molecule has 2 aliphatic rings. The molecule has 1 saturated heterocycles. The molecule has 1 heterocycles. The largest absolute Gasteiger partial charge is 0.480 e. The zero-order valence-electron chi connectivity index (χ0n) is 24.3. The Morgan fingerprint density at radius 3 is 2.37 bits per heavy atom. The first-order valence-electron chi connectivity index (χ1n) is 14.4. The lowest BCUT2D eigenvalue weighted by atomic mass is 9.83. The third-order valence-corrected chi connectivity index (χ3v) is 8.46. The van der Waals surface area contributed by atoms with Crippen LogP contribution in [-0.4, -0.2) is 57.8 Å². The third-order valence-electron chi connectivity index (χ3n) is 7.96. The lowest BCUT2D eigenvalue weighted by Gasteiger charge is -2.37. The molecule has 1 aliphatic carbocycles. The summed E-state index contributed by atoms with van der Waals surface area (Å²) in [4.78, 5) is 40.7. The zero-order chi connectivity index (χ0) is 29.8. The number of hydrogen-bond donors (Lipinski definition) is 2. The van der Waals surface area contributed by atoms with Gasteiger partial charge in [0.05, 0.1) is 12.7 Å². The first-order valence-corrected chi connectivity index (χ1v) is 15.2. The molecule has 222 valence electrons. The van der Waals surface area contributed by atoms with E-state index in [-0.39, 0.29) is 25.5 Å². The van der Waals surface area contributed by atoms with E-state index in [4.69, 9.17) is 9.47 Å². The monoisotopic (exact) mass is 628 g/mol. The van der Waals surface area contributed by atoms with E-state index in [1.807, 2.05) is 42.5 Å². The number of alkyl carbamates (subject to hydrolysis) is 1. The Labute approximate surface area is 250 Å². The molecule has 0 bridgehead atoms. The maximum atomic E-state index is 14.0. The molecule has 8 nitrogen and oxygen atoms in total. The van der Waals surface area contributed by atoms with Gasteiger partial charge in [0.25, 0.3) is 0 Å². The number of carbonyl (C=O) groups is 3. The van der Waals surface area contributed by atoms with Gasteiger partial charge >= 0.3 is 12.1 Å². The van der Waals surface area contributed by atoms with Crippen molar-refractivity contribution in [1.29, 1.82) is 0 Å². The number of hydrogen-bond acceptors (Lipinski definition) is 5. The van der Waals surface area contributed by atoms with Gasteiger partial charge in [-0.3, -0.25) is 4.79 Å². The van der Waals surface area contributed by atoms with Gasteiger partial charge in [-0.15, -0.1) is 0 Å². The molecule has 2 N–H and O–H groups in total. The summed E-state index contributed by atoms with van der Waals surface area (Å²) in [5, 5.41) is 13.0. The first kappa shape index (κ1) is 31.0. The number of carbonyl (C=O) groups excluding carboxylic acids is 2. The van der Waals surface area contributed by atoms with Gasteiger partial charge in [-0.25, -0.2) is 9.59 Å². The summed E-state index contributed by atoms with van der Waals surface area (Å²) in [7, 11) is 0. The van der Waals surface area contributed by atoms with Crippen molar-refractivity contribution in [3.8, 4) is 11.1 Å². The average Bonchev–Trinajstić information content (AvgIpc) is 3.27. The van der Waals surface area contributed by atoms with E-state index >= 15 is 0 Å². The summed E-state index contributed by atoms with van der Waals surface area (Å²) in [6.07, 6.45) is 3.61. The predicted octanol–water partition coefficient (Wildman–Crippen LogP) is 6.55. The van der Waals surface area contributed by atoms with Crippen molar-refractivity contribution in [1.82, 2.24) is 10.2 Å². The molecule has 0 unspecified atom stereocenters. The summed E-state index contributed by atoms with van der Waals surface area (Å²) in [6.45, 7) is 7.28. The number of carboxylic acids is 1. The van der Waals surface area contributed by atoms with Crippen LogP contribution in [0.4, 0.5) is 4.79 Å². The zero-order valence-corrected chi connectivity index (χ0v) is 25.9. The van der Waals surface area contributed by atoms with Crippen LogP contribution in [0.15, 0.2) is 53.0 Å². The van der Waals surface area contributed by atoms with Crippen LogP contribution in [0.2, 0.25) is 0 Å². The van der Waals surface area contributed by atoms with E-state index in [0.717, 1.165) is 53.3 Å². The van der Waals surface area contributed by atoms with Crippen molar-refractivity contribution in [3.05, 3.63) is 58.6 Å². The van der Waals surface area contributed by atoms with Crippen molar-refractivity contribution < 1.29 is 29.0 Å². The smallest absolute Gasteiger partial charge is 0.408 e. The summed E-state index contributed by atoms with van der Waals surface area (Å²) in [5.41, 5.74) is 0.900. The maximum absolute atomic E-state index is 14.0. The fourth-order valence-corrected chi connectivity index (χ4v) is 6.24. The molecule has 2 aromatic rings. The van der Waals surface area contributed by atoms with Gasteiger partial charge in [-0.2, -0.15) is 0 Å². The summed E-state index contributed by atoms with van der Waals surface area (Å²) < 4.78 is 12.7. The highest BCUT2D eigenvalue weighted by Crippen LogP contribution is 2.35. The molecule has 0 spiro atoms. The van der Waals surface area contributed by atoms with Crippen molar-refractivity contribution >= 4 is 33.9 Å². The number of amides is 2. The van der Waals surface area contributed by atoms with Gasteiger partial charge in [-0.1, -0.05) is 65.5 Å². The highest BCUT2D eigenvalue weighted by Gasteiger charge is 2.52. The molecule has 3 atom stereocenters. The van der Waals surface area contributed by atoms with Crippen LogP contribution in [-0.2, 0) is 25.7 Å². The number of likely N-dealkylation sites (tertiary alicyclic amines) is 1. The Bertz CT molecular complexity index is 1250. The quantitative estimate of drug-likeness (QED) is 0.343. The minimum atomic E-state index is -1.46. The van der Waals surface area contributed by atoms with Crippen LogP contribution >= 0.6 is 15.9 Å². The van der Waals surface area contributed by atoms with Gasteiger partial charge in [0.15, 0.2) is 0 Å². The van der Waals surface area contributed by atoms with Crippen LogP contribution < -0.4 is 5.32 Å². The van der Waals surface area contributed by atoms with Crippen molar-refractivity contribution in [2.45, 2.75) is 96.1 Å². The first-order chi connectivity index (χ1) is 19.4. The second-order valence-electron chi connectivity index (χ2n) is 12.4. The molecule has 2 fully saturated rings. The second-order valence-corrected chi connectivity index (χ2v) is 13.3. The topological polar surface area (TPSA) is 105 Å². The molecule has 2 aromatic carbocycles. The molecule has 4 rings (SSSR count). The fraction of sp³-hybridized carbons (Fsp3) is 0.531. The van der Waals surface area contributed by atoms with Crippen molar-refractivity contribution in [2.24, 2.45) is 5.92 Å². The van der Waals surface area contributed by atoms with E-state index in [1.165, 1.54) is 4.90 Å². The molecule has 0 radical (unpaired) electrons. The van der Waals surface area contributed by atoms with E-state index in [1.54, 1.807) is 27.7 Å². The highest BCUT2D eigenvalue weighted by atomic mass is 79.9. The number of halogens is 1. The molecular formula is C32H41BrN2O6. The third kappa shape index (κ3) is 7.89. The predicted molar refractivity (Wildman–Crippen MR) is 160 cm³/mol. The molecular weight excluding hydrogens is 588 g/mol. The number of aliphatic carboxylic acids is 1. The van der Waals surface area contributed by atoms with Crippen LogP contribution in [0.1, 0.15) is 71.8 Å². The Hall–Kier alpha value is -2.91. The number of nitrogens with one attached hydrogen (secondary N) is 1. The number of ether oxygens (including phenoxy) is 2. The van der Waals surface area contributed by atoms with E-state index in [2.05, 4.69) is 27.3 Å². The van der Waals surface area contributed by atoms with E-state index in [9.17, 15) is 19.5 Å². The summed E-state index contributed by atoms with van der Waals surface area (Å²) in [6, 6.07) is 15.2. The summed E-state index contributed by atoms with van der Waals surface area (Å²) >= 11 is 3.52. The Kier molecular flexibility index (Phi) is 9.80. The van der Waals surface area contributed by atoms with Crippen LogP contribution in [0.5, 0.6) is 0 Å². The van der Waals surface area contributed by atoms with Gasteiger partial charge < -0.3 is 24.8 Å². The van der Waals surface area contributed by atoms with Gasteiger partial charge in [0.1, 0.15) is 17.2 Å². The second kappa shape index (κ2) is 12.9. The van der Waals surface area contributed by atoms with Gasteiger partial charge in [-0.05, 0) is 81.3 Å². The van der Waals surface area contributed by atoms with E-state index in [0.29, 0.717) is 0 Å². The Morgan fingerprint density at radius 1 is 1.07 bits per heavy atom. The van der Waals surface area contributed by atoms with Gasteiger partial charge in [0, 0.05) is 17.4 Å². The van der Waals surface area contributed by atoms with Crippen LogP contribution in [0.3, 0.4) is 0 Å². The fourth-order valence-electron chi connectivity index (χ4n) is 5.84. The van der Waals surface area contributed by atoms with Crippen molar-refractivity contribution in [3.63, 3.8) is 0 Å². The number of carboxylic acid groups (broad SMARTS) is 1. The lowest BCUT2D eigenvalue weighted by molar-refractivity contribution is -0.156. The van der Waals surface area contributed by atoms with E-state index < -0.39 is 41.3 Å². The Balaban J connectivity index is 1.50. The van der Waals surface area contributed by atoms with Crippen LogP contribution in [0, 0.1) is 5.92 Å². The molecule has 41 heavy (non-hydrogen) atoms. The average molecular weight is 630 g/mol. The Morgan fingerprint density at radius 2 is 1.73 bits per heavy atom. The highest BCUT2D eigenvalue weighted by molar-refractivity contribution is 9.10. The molecule has 2 amide bonds. The molecule has 9 heteroatoms. The number of benzene rings is 2. The number of rotatable bonds is 8. The standard InChI is InChI=1S/C32H41BrN2O6/c1-31(2,3)41-30(39)34-27(22-11-6-5-7-12-22)28(36)35-19-26(18-32(35,4)29(37)38)40-20-21-10-8-13-23(16-21)24-14-9-15-25(33)17-24/h8-10,13-17,22,26-27H,5-7,11-12,18-20H2,1-4H3,(H,34,39)(H,37,38)/t26-,27+,32+/m1/s1.